The minimum Gasteiger partial charge on any atom is -0.396 e. The molecule has 0 saturated heterocycles. The van der Waals surface area contributed by atoms with E-state index in [1.54, 1.807) is 13.2 Å². The van der Waals surface area contributed by atoms with E-state index in [-0.39, 0.29) is 17.9 Å². The van der Waals surface area contributed by atoms with Crippen molar-refractivity contribution < 1.29 is 5.11 Å². The quantitative estimate of drug-likeness (QED) is 0.705. The maximum absolute atomic E-state index is 11.9. The SMILES string of the molecule is CCC(CCO)CNCc1cn(C)c(=O)n(C)c1=O. The number of hydrogen-bond donors (Lipinski definition) is 2. The molecule has 0 radical (unpaired) electrons. The highest BCUT2D eigenvalue weighted by Crippen LogP contribution is 2.05. The third-order valence-electron chi connectivity index (χ3n) is 3.38. The molecule has 0 saturated carbocycles. The maximum atomic E-state index is 11.9. The first kappa shape index (κ1) is 15.7. The van der Waals surface area contributed by atoms with Crippen molar-refractivity contribution in [2.45, 2.75) is 26.3 Å². The molecular formula is C13H23N3O3. The number of aliphatic hydroxyl groups is 1. The minimum atomic E-state index is -0.319. The van der Waals surface area contributed by atoms with Crippen LogP contribution in [0.5, 0.6) is 0 Å². The van der Waals surface area contributed by atoms with E-state index in [1.807, 2.05) is 0 Å². The van der Waals surface area contributed by atoms with Crippen molar-refractivity contribution in [3.05, 3.63) is 32.6 Å². The Morgan fingerprint density at radius 2 is 2.05 bits per heavy atom. The summed E-state index contributed by atoms with van der Waals surface area (Å²) in [7, 11) is 3.11. The first-order chi connectivity index (χ1) is 9.01. The molecule has 6 nitrogen and oxygen atoms in total. The number of aromatic nitrogens is 2. The van der Waals surface area contributed by atoms with Crippen LogP contribution in [-0.4, -0.2) is 27.4 Å². The van der Waals surface area contributed by atoms with Gasteiger partial charge in [-0.2, -0.15) is 0 Å². The summed E-state index contributed by atoms with van der Waals surface area (Å²) < 4.78 is 2.52. The van der Waals surface area contributed by atoms with E-state index in [4.69, 9.17) is 5.11 Å². The maximum Gasteiger partial charge on any atom is 0.330 e. The van der Waals surface area contributed by atoms with Crippen molar-refractivity contribution in [1.82, 2.24) is 14.5 Å². The standard InChI is InChI=1S/C13H23N3O3/c1-4-10(5-6-17)7-14-8-11-9-15(2)13(19)16(3)12(11)18/h9-10,14,17H,4-8H2,1-3H3. The van der Waals surface area contributed by atoms with Gasteiger partial charge in [0.05, 0.1) is 0 Å². The Balaban J connectivity index is 2.69. The molecule has 0 bridgehead atoms. The van der Waals surface area contributed by atoms with Crippen LogP contribution in [0, 0.1) is 5.92 Å². The van der Waals surface area contributed by atoms with Crippen molar-refractivity contribution >= 4 is 0 Å². The molecule has 0 amide bonds. The highest BCUT2D eigenvalue weighted by molar-refractivity contribution is 5.05. The van der Waals surface area contributed by atoms with Crippen LogP contribution in [0.3, 0.4) is 0 Å². The van der Waals surface area contributed by atoms with Gasteiger partial charge in [0.25, 0.3) is 5.56 Å². The summed E-state index contributed by atoms with van der Waals surface area (Å²) in [5.74, 6) is 0.404. The van der Waals surface area contributed by atoms with E-state index in [2.05, 4.69) is 12.2 Å². The summed E-state index contributed by atoms with van der Waals surface area (Å²) in [6.45, 7) is 3.45. The predicted molar refractivity (Wildman–Crippen MR) is 74.1 cm³/mol. The summed E-state index contributed by atoms with van der Waals surface area (Å²) in [5.41, 5.74) is -0.00489. The fourth-order valence-corrected chi connectivity index (χ4v) is 2.05. The van der Waals surface area contributed by atoms with Gasteiger partial charge in [-0.1, -0.05) is 13.3 Å². The first-order valence-corrected chi connectivity index (χ1v) is 6.58. The van der Waals surface area contributed by atoms with Gasteiger partial charge in [0.15, 0.2) is 0 Å². The molecule has 1 aromatic rings. The average molecular weight is 269 g/mol. The molecule has 0 aromatic carbocycles. The molecule has 0 aliphatic carbocycles. The highest BCUT2D eigenvalue weighted by Gasteiger charge is 2.08. The number of nitrogens with zero attached hydrogens (tertiary/aromatic N) is 2. The van der Waals surface area contributed by atoms with Crippen LogP contribution in [0.2, 0.25) is 0 Å². The molecule has 1 rings (SSSR count). The van der Waals surface area contributed by atoms with Crippen LogP contribution >= 0.6 is 0 Å². The van der Waals surface area contributed by atoms with Gasteiger partial charge >= 0.3 is 5.69 Å². The summed E-state index contributed by atoms with van der Waals surface area (Å²) in [5, 5.41) is 12.1. The summed E-state index contributed by atoms with van der Waals surface area (Å²) in [6, 6.07) is 0. The molecule has 2 N–H and O–H groups in total. The minimum absolute atomic E-state index is 0.182. The second kappa shape index (κ2) is 7.25. The smallest absolute Gasteiger partial charge is 0.330 e. The number of nitrogens with one attached hydrogen (secondary N) is 1. The Kier molecular flexibility index (Phi) is 5.98. The van der Waals surface area contributed by atoms with Gasteiger partial charge in [0.1, 0.15) is 0 Å². The fourth-order valence-electron chi connectivity index (χ4n) is 2.05. The zero-order chi connectivity index (χ0) is 14.4. The lowest BCUT2D eigenvalue weighted by Gasteiger charge is -2.14. The third-order valence-corrected chi connectivity index (χ3v) is 3.38. The molecule has 0 spiro atoms. The Morgan fingerprint density at radius 1 is 1.37 bits per heavy atom. The lowest BCUT2D eigenvalue weighted by molar-refractivity contribution is 0.251. The second-order valence-electron chi connectivity index (χ2n) is 4.83. The highest BCUT2D eigenvalue weighted by atomic mass is 16.3. The average Bonchev–Trinajstić information content (AvgIpc) is 2.41. The Morgan fingerprint density at radius 3 is 2.63 bits per heavy atom. The van der Waals surface area contributed by atoms with Crippen LogP contribution < -0.4 is 16.6 Å². The third kappa shape index (κ3) is 4.04. The largest absolute Gasteiger partial charge is 0.396 e. The number of hydrogen-bond acceptors (Lipinski definition) is 4. The Bertz CT molecular complexity index is 519. The van der Waals surface area contributed by atoms with Crippen LogP contribution in [-0.2, 0) is 20.6 Å². The molecule has 1 heterocycles. The zero-order valence-electron chi connectivity index (χ0n) is 11.8. The molecule has 0 aliphatic rings. The van der Waals surface area contributed by atoms with E-state index in [1.165, 1.54) is 11.6 Å². The molecule has 6 heteroatoms. The lowest BCUT2D eigenvalue weighted by atomic mass is 10.0. The van der Waals surface area contributed by atoms with Gasteiger partial charge in [-0.25, -0.2) is 4.79 Å². The van der Waals surface area contributed by atoms with Crippen molar-refractivity contribution in [1.29, 1.82) is 0 Å². The van der Waals surface area contributed by atoms with Gasteiger partial charge in [-0.15, -0.1) is 0 Å². The summed E-state index contributed by atoms with van der Waals surface area (Å²) in [6.07, 6.45) is 3.32. The van der Waals surface area contributed by atoms with Crippen molar-refractivity contribution in [3.63, 3.8) is 0 Å². The topological polar surface area (TPSA) is 76.3 Å². The molecule has 1 unspecified atom stereocenters. The Hall–Kier alpha value is -1.40. The van der Waals surface area contributed by atoms with Crippen molar-refractivity contribution in [2.75, 3.05) is 13.2 Å². The molecule has 108 valence electrons. The molecule has 0 aliphatic heterocycles. The van der Waals surface area contributed by atoms with E-state index in [0.717, 1.165) is 24.0 Å². The molecule has 19 heavy (non-hydrogen) atoms. The van der Waals surface area contributed by atoms with E-state index < -0.39 is 0 Å². The number of aryl methyl sites for hydroxylation is 1. The molecular weight excluding hydrogens is 246 g/mol. The van der Waals surface area contributed by atoms with Crippen LogP contribution in [0.4, 0.5) is 0 Å². The zero-order valence-corrected chi connectivity index (χ0v) is 11.8. The Labute approximate surface area is 112 Å². The lowest BCUT2D eigenvalue weighted by Crippen LogP contribution is -2.39. The summed E-state index contributed by atoms with van der Waals surface area (Å²) in [4.78, 5) is 23.4. The van der Waals surface area contributed by atoms with Gasteiger partial charge in [-0.3, -0.25) is 9.36 Å². The van der Waals surface area contributed by atoms with E-state index in [9.17, 15) is 9.59 Å². The number of aliphatic hydroxyl groups excluding tert-OH is 1. The first-order valence-electron chi connectivity index (χ1n) is 6.58. The van der Waals surface area contributed by atoms with Crippen LogP contribution in [0.25, 0.3) is 0 Å². The normalized spacial score (nSPS) is 12.6. The summed E-state index contributed by atoms with van der Waals surface area (Å²) >= 11 is 0. The van der Waals surface area contributed by atoms with Gasteiger partial charge in [0.2, 0.25) is 0 Å². The van der Waals surface area contributed by atoms with Gasteiger partial charge in [-0.05, 0) is 18.9 Å². The molecule has 0 fully saturated rings. The van der Waals surface area contributed by atoms with Crippen molar-refractivity contribution in [3.8, 4) is 0 Å². The van der Waals surface area contributed by atoms with E-state index in [0.29, 0.717) is 18.0 Å². The monoisotopic (exact) mass is 269 g/mol. The van der Waals surface area contributed by atoms with Gasteiger partial charge in [0, 0.05) is 39.0 Å². The predicted octanol–water partition coefficient (Wildman–Crippen LogP) is -0.418. The fraction of sp³-hybridized carbons (Fsp3) is 0.692. The van der Waals surface area contributed by atoms with Crippen molar-refractivity contribution in [2.24, 2.45) is 20.0 Å². The van der Waals surface area contributed by atoms with E-state index >= 15 is 0 Å². The van der Waals surface area contributed by atoms with Gasteiger partial charge < -0.3 is 15.0 Å². The second-order valence-corrected chi connectivity index (χ2v) is 4.83. The molecule has 1 atom stereocenters. The van der Waals surface area contributed by atoms with Crippen LogP contribution in [0.15, 0.2) is 15.8 Å². The number of rotatable bonds is 7. The van der Waals surface area contributed by atoms with Crippen LogP contribution in [0.1, 0.15) is 25.3 Å². The molecule has 1 aromatic heterocycles.